The third-order valence-electron chi connectivity index (χ3n) is 9.73. The molecule has 4 aliphatic rings. The van der Waals surface area contributed by atoms with Crippen molar-refractivity contribution in [3.05, 3.63) is 28.3 Å². The van der Waals surface area contributed by atoms with Crippen molar-refractivity contribution >= 4 is 29.0 Å². The first-order valence-corrected chi connectivity index (χ1v) is 13.4. The van der Waals surface area contributed by atoms with E-state index >= 15 is 0 Å². The zero-order chi connectivity index (χ0) is 30.6. The Bertz CT molecular complexity index is 1400. The summed E-state index contributed by atoms with van der Waals surface area (Å²) < 4.78 is 43.9. The summed E-state index contributed by atoms with van der Waals surface area (Å²) in [6.45, 7) is 1.77. The number of fused-ring (bicyclic) bond motifs is 3. The van der Waals surface area contributed by atoms with Crippen molar-refractivity contribution < 1.29 is 47.4 Å². The number of hydrogen-bond donors (Lipinski definition) is 3. The number of primary amides is 1. The lowest BCUT2D eigenvalue weighted by Crippen LogP contribution is -2.74. The van der Waals surface area contributed by atoms with Crippen LogP contribution >= 0.6 is 0 Å². The summed E-state index contributed by atoms with van der Waals surface area (Å²) >= 11 is 0. The van der Waals surface area contributed by atoms with Crippen LogP contribution in [-0.4, -0.2) is 87.4 Å². The van der Waals surface area contributed by atoms with Crippen LogP contribution in [0.1, 0.15) is 53.2 Å². The van der Waals surface area contributed by atoms with Gasteiger partial charge in [-0.05, 0) is 76.9 Å². The number of nitrogens with two attached hydrogens (primary N) is 1. The van der Waals surface area contributed by atoms with Crippen LogP contribution in [0.15, 0.2) is 6.07 Å². The van der Waals surface area contributed by atoms with Crippen molar-refractivity contribution in [2.45, 2.75) is 62.5 Å². The Kier molecular flexibility index (Phi) is 6.56. The lowest BCUT2D eigenvalue weighted by atomic mass is 9.52. The van der Waals surface area contributed by atoms with Crippen LogP contribution in [-0.2, 0) is 38.3 Å². The van der Waals surface area contributed by atoms with E-state index in [0.717, 1.165) is 18.9 Å². The first kappa shape index (κ1) is 29.3. The molecule has 5 rings (SSSR count). The molecular weight excluding hydrogens is 547 g/mol. The number of alkyl halides is 3. The second kappa shape index (κ2) is 9.17. The number of hydrogen-bond acceptors (Lipinski definition) is 9. The third kappa shape index (κ3) is 4.15. The predicted molar refractivity (Wildman–Crippen MR) is 135 cm³/mol. The van der Waals surface area contributed by atoms with Gasteiger partial charge in [-0.1, -0.05) is 0 Å². The maximum Gasteiger partial charge on any atom is 0.417 e. The molecule has 0 heterocycles. The summed E-state index contributed by atoms with van der Waals surface area (Å²) in [5.41, 5.74) is -0.333. The number of rotatable bonds is 5. The number of halogens is 3. The minimum absolute atomic E-state index is 0.143. The molecule has 4 N–H and O–H groups in total. The summed E-state index contributed by atoms with van der Waals surface area (Å²) in [6, 6.07) is -0.450. The Morgan fingerprint density at radius 3 is 2.24 bits per heavy atom. The minimum Gasteiger partial charge on any atom is -0.507 e. The van der Waals surface area contributed by atoms with Crippen LogP contribution in [0.5, 0.6) is 5.75 Å². The number of likely N-dealkylation sites (N-methyl/N-ethyl adjacent to an activating group) is 1. The topological polar surface area (TPSA) is 158 Å². The molecular formula is C28H32F3N3O7. The van der Waals surface area contributed by atoms with Crippen molar-refractivity contribution in [3.63, 3.8) is 0 Å². The molecule has 2 unspecified atom stereocenters. The largest absolute Gasteiger partial charge is 0.507 e. The van der Waals surface area contributed by atoms with Crippen LogP contribution in [0.25, 0.3) is 0 Å². The third-order valence-corrected chi connectivity index (χ3v) is 9.73. The number of aromatic hydroxyl groups is 1. The lowest BCUT2D eigenvalue weighted by molar-refractivity contribution is -0.181. The number of Topliss-reactive ketones (excluding diaryl/α,β-unsaturated/α-hetero) is 4. The maximum atomic E-state index is 14.6. The number of carbonyl (C=O) groups is 5. The van der Waals surface area contributed by atoms with Crippen LogP contribution in [0.2, 0.25) is 0 Å². The molecule has 41 heavy (non-hydrogen) atoms. The normalized spacial score (nSPS) is 32.6. The van der Waals surface area contributed by atoms with Crippen molar-refractivity contribution in [1.29, 1.82) is 0 Å². The Labute approximate surface area is 233 Å². The molecule has 4 aliphatic carbocycles. The summed E-state index contributed by atoms with van der Waals surface area (Å²) in [4.78, 5) is 69.2. The van der Waals surface area contributed by atoms with Crippen LogP contribution < -0.4 is 5.73 Å². The smallest absolute Gasteiger partial charge is 0.417 e. The van der Waals surface area contributed by atoms with E-state index in [1.807, 2.05) is 6.92 Å². The van der Waals surface area contributed by atoms with Gasteiger partial charge in [0.25, 0.3) is 0 Å². The van der Waals surface area contributed by atoms with Gasteiger partial charge in [-0.25, -0.2) is 0 Å². The van der Waals surface area contributed by atoms with E-state index in [-0.39, 0.29) is 24.1 Å². The molecule has 6 atom stereocenters. The molecule has 3 fully saturated rings. The van der Waals surface area contributed by atoms with Gasteiger partial charge in [0.2, 0.25) is 5.91 Å². The Hall–Kier alpha value is -3.16. The minimum atomic E-state index is -4.90. The fraction of sp³-hybridized carbons (Fsp3) is 0.607. The highest BCUT2D eigenvalue weighted by molar-refractivity contribution is 6.32. The van der Waals surface area contributed by atoms with Gasteiger partial charge >= 0.3 is 6.18 Å². The van der Waals surface area contributed by atoms with Crippen molar-refractivity contribution in [3.8, 4) is 5.75 Å². The Morgan fingerprint density at radius 2 is 1.73 bits per heavy atom. The highest BCUT2D eigenvalue weighted by atomic mass is 19.4. The zero-order valence-electron chi connectivity index (χ0n) is 23.0. The number of phenolic OH excluding ortho intramolecular Hbond substituents is 1. The lowest BCUT2D eigenvalue weighted by Gasteiger charge is -2.52. The number of nitrogens with zero attached hydrogens (tertiary/aromatic N) is 2. The fourth-order valence-corrected chi connectivity index (χ4v) is 7.23. The second-order valence-corrected chi connectivity index (χ2v) is 12.4. The first-order valence-electron chi connectivity index (χ1n) is 13.4. The van der Waals surface area contributed by atoms with E-state index < -0.39 is 99.4 Å². The van der Waals surface area contributed by atoms with Gasteiger partial charge < -0.3 is 15.9 Å². The molecule has 13 heteroatoms. The van der Waals surface area contributed by atoms with E-state index in [4.69, 9.17) is 5.73 Å². The van der Waals surface area contributed by atoms with Gasteiger partial charge in [0.15, 0.2) is 34.7 Å². The molecule has 0 aromatic heterocycles. The summed E-state index contributed by atoms with van der Waals surface area (Å²) in [7, 11) is 4.54. The SMILES string of the molecule is CN(C)[C@@H]1C(=O)C(C(N)=O)C(=O)[C@@]2(O)C(=O)C3C(=O)c4c(O)cc(CN(C)C5(C)CC5)c(C(F)(F)F)c4C[C@H]3C[C@@H]12. The standard InChI is InChI=1S/C28H32F3N3O7/c1-26(5-6-26)34(4)10-12-9-15(35)17-13(19(12)28(29,30)31)7-11-8-14-20(33(2)3)22(37)18(25(32)40)24(39)27(14,41)23(38)16(11)21(17)36/h9,11,14,16,18,20,35,41H,5-8,10H2,1-4H3,(H2,32,40)/t11-,14-,16?,18?,20-,27-/m0/s1. The first-order chi connectivity index (χ1) is 18.9. The van der Waals surface area contributed by atoms with Crippen LogP contribution in [0.4, 0.5) is 13.2 Å². The number of carbonyl (C=O) groups excluding carboxylic acids is 5. The van der Waals surface area contributed by atoms with Gasteiger partial charge in [-0.2, -0.15) is 13.2 Å². The summed E-state index contributed by atoms with van der Waals surface area (Å²) in [6.07, 6.45) is -4.08. The van der Waals surface area contributed by atoms with Gasteiger partial charge in [0.1, 0.15) is 5.75 Å². The average Bonchev–Trinajstić information content (AvgIpc) is 3.58. The average molecular weight is 580 g/mol. The van der Waals surface area contributed by atoms with E-state index in [0.29, 0.717) is 0 Å². The molecule has 1 aromatic rings. The predicted octanol–water partition coefficient (Wildman–Crippen LogP) is 0.870. The zero-order valence-corrected chi connectivity index (χ0v) is 23.0. The van der Waals surface area contributed by atoms with Crippen molar-refractivity contribution in [2.24, 2.45) is 29.4 Å². The molecule has 0 aliphatic heterocycles. The van der Waals surface area contributed by atoms with Gasteiger partial charge in [-0.3, -0.25) is 33.8 Å². The molecule has 1 amide bonds. The van der Waals surface area contributed by atoms with Crippen molar-refractivity contribution in [2.75, 3.05) is 21.1 Å². The fourth-order valence-electron chi connectivity index (χ4n) is 7.23. The van der Waals surface area contributed by atoms with E-state index in [1.54, 1.807) is 11.9 Å². The molecule has 0 bridgehead atoms. The molecule has 0 saturated heterocycles. The number of ketones is 4. The van der Waals surface area contributed by atoms with Crippen LogP contribution in [0.3, 0.4) is 0 Å². The molecule has 1 aromatic carbocycles. The van der Waals surface area contributed by atoms with E-state index in [1.165, 1.54) is 19.0 Å². The molecule has 0 spiro atoms. The van der Waals surface area contributed by atoms with Crippen molar-refractivity contribution in [1.82, 2.24) is 9.80 Å². The maximum absolute atomic E-state index is 14.6. The Morgan fingerprint density at radius 1 is 1.12 bits per heavy atom. The summed E-state index contributed by atoms with van der Waals surface area (Å²) in [5.74, 6) is -13.3. The highest BCUT2D eigenvalue weighted by Gasteiger charge is 2.69. The van der Waals surface area contributed by atoms with E-state index in [2.05, 4.69) is 0 Å². The number of benzene rings is 1. The Balaban J connectivity index is 1.65. The number of phenols is 1. The molecule has 222 valence electrons. The molecule has 10 nitrogen and oxygen atoms in total. The van der Waals surface area contributed by atoms with Gasteiger partial charge in [0.05, 0.1) is 23.1 Å². The monoisotopic (exact) mass is 579 g/mol. The van der Waals surface area contributed by atoms with Gasteiger partial charge in [-0.15, -0.1) is 0 Å². The van der Waals surface area contributed by atoms with Crippen LogP contribution in [0, 0.1) is 23.7 Å². The molecule has 0 radical (unpaired) electrons. The summed E-state index contributed by atoms with van der Waals surface area (Å²) in [5, 5.41) is 22.4. The quantitative estimate of drug-likeness (QED) is 0.431. The van der Waals surface area contributed by atoms with Gasteiger partial charge in [0, 0.05) is 18.0 Å². The highest BCUT2D eigenvalue weighted by Crippen LogP contribution is 2.53. The number of aliphatic hydroxyl groups is 1. The van der Waals surface area contributed by atoms with E-state index in [9.17, 15) is 47.4 Å². The molecule has 3 saturated carbocycles. The number of amides is 1. The second-order valence-electron chi connectivity index (χ2n) is 12.4.